The first-order valence-electron chi connectivity index (χ1n) is 6.23. The molecule has 0 aliphatic carbocycles. The van der Waals surface area contributed by atoms with Crippen molar-refractivity contribution in [3.8, 4) is 11.5 Å². The molecule has 1 atom stereocenters. The molecule has 0 spiro atoms. The Kier molecular flexibility index (Phi) is 3.33. The Labute approximate surface area is 112 Å². The van der Waals surface area contributed by atoms with E-state index in [-0.39, 0.29) is 6.79 Å². The van der Waals surface area contributed by atoms with Crippen LogP contribution in [0.5, 0.6) is 11.5 Å². The van der Waals surface area contributed by atoms with Crippen LogP contribution in [0.1, 0.15) is 12.0 Å². The highest BCUT2D eigenvalue weighted by Gasteiger charge is 2.22. The first-order chi connectivity index (χ1) is 8.74. The number of rotatable bonds is 3. The standard InChI is InChI=1S/C13H17ClN2O2/c1-16(10-2-3-15-6-10)7-9-4-11(14)13-12(5-9)17-8-18-13/h4-5,10,15H,2-3,6-8H2,1H3. The molecule has 0 aromatic heterocycles. The second kappa shape index (κ2) is 4.96. The Hall–Kier alpha value is -0.970. The van der Waals surface area contributed by atoms with Crippen LogP contribution in [0.15, 0.2) is 12.1 Å². The molecule has 0 amide bonds. The van der Waals surface area contributed by atoms with Gasteiger partial charge in [-0.1, -0.05) is 11.6 Å². The summed E-state index contributed by atoms with van der Waals surface area (Å²) in [5.74, 6) is 1.43. The van der Waals surface area contributed by atoms with Crippen LogP contribution in [0.4, 0.5) is 0 Å². The number of ether oxygens (including phenoxy) is 2. The zero-order valence-corrected chi connectivity index (χ0v) is 11.2. The maximum atomic E-state index is 6.18. The van der Waals surface area contributed by atoms with Gasteiger partial charge < -0.3 is 14.8 Å². The summed E-state index contributed by atoms with van der Waals surface area (Å²) in [6.45, 7) is 3.31. The minimum atomic E-state index is 0.265. The van der Waals surface area contributed by atoms with Gasteiger partial charge in [-0.05, 0) is 37.7 Å². The van der Waals surface area contributed by atoms with Crippen molar-refractivity contribution in [2.45, 2.75) is 19.0 Å². The van der Waals surface area contributed by atoms with Crippen LogP contribution in [0, 0.1) is 0 Å². The Morgan fingerprint density at radius 2 is 2.33 bits per heavy atom. The van der Waals surface area contributed by atoms with Crippen LogP contribution in [0.25, 0.3) is 0 Å². The molecule has 2 aliphatic heterocycles. The predicted octanol–water partition coefficient (Wildman–Crippen LogP) is 1.86. The van der Waals surface area contributed by atoms with Gasteiger partial charge in [0.25, 0.3) is 0 Å². The van der Waals surface area contributed by atoms with E-state index in [1.54, 1.807) is 0 Å². The van der Waals surface area contributed by atoms with Crippen LogP contribution in [0.2, 0.25) is 5.02 Å². The summed E-state index contributed by atoms with van der Waals surface area (Å²) in [6, 6.07) is 4.59. The zero-order chi connectivity index (χ0) is 12.5. The Balaban J connectivity index is 1.74. The van der Waals surface area contributed by atoms with Gasteiger partial charge >= 0.3 is 0 Å². The molecule has 3 rings (SSSR count). The van der Waals surface area contributed by atoms with E-state index in [0.29, 0.717) is 16.8 Å². The highest BCUT2D eigenvalue weighted by atomic mass is 35.5. The molecule has 98 valence electrons. The Morgan fingerprint density at radius 3 is 3.11 bits per heavy atom. The van der Waals surface area contributed by atoms with E-state index in [4.69, 9.17) is 21.1 Å². The van der Waals surface area contributed by atoms with Gasteiger partial charge in [-0.15, -0.1) is 0 Å². The predicted molar refractivity (Wildman–Crippen MR) is 70.3 cm³/mol. The van der Waals surface area contributed by atoms with E-state index in [9.17, 15) is 0 Å². The van der Waals surface area contributed by atoms with Gasteiger partial charge in [0.05, 0.1) is 5.02 Å². The molecule has 18 heavy (non-hydrogen) atoms. The second-order valence-corrected chi connectivity index (χ2v) is 5.28. The summed E-state index contributed by atoms with van der Waals surface area (Å²) < 4.78 is 10.7. The average Bonchev–Trinajstić information content (AvgIpc) is 2.99. The number of halogens is 1. The van der Waals surface area contributed by atoms with Crippen LogP contribution in [-0.2, 0) is 6.54 Å². The Morgan fingerprint density at radius 1 is 1.44 bits per heavy atom. The molecular weight excluding hydrogens is 252 g/mol. The summed E-state index contributed by atoms with van der Waals surface area (Å²) in [4.78, 5) is 2.36. The summed E-state index contributed by atoms with van der Waals surface area (Å²) in [5.41, 5.74) is 1.17. The second-order valence-electron chi connectivity index (χ2n) is 4.87. The lowest BCUT2D eigenvalue weighted by atomic mass is 10.1. The molecule has 1 saturated heterocycles. The van der Waals surface area contributed by atoms with Crippen LogP contribution < -0.4 is 14.8 Å². The van der Waals surface area contributed by atoms with Crippen LogP contribution in [0.3, 0.4) is 0 Å². The third-order valence-electron chi connectivity index (χ3n) is 3.58. The summed E-state index contributed by atoms with van der Waals surface area (Å²) >= 11 is 6.18. The van der Waals surface area contributed by atoms with Gasteiger partial charge in [0.2, 0.25) is 6.79 Å². The maximum Gasteiger partial charge on any atom is 0.231 e. The topological polar surface area (TPSA) is 33.7 Å². The Bertz CT molecular complexity index is 447. The molecule has 0 radical (unpaired) electrons. The third-order valence-corrected chi connectivity index (χ3v) is 3.86. The molecule has 4 nitrogen and oxygen atoms in total. The van der Waals surface area contributed by atoms with Crippen molar-refractivity contribution in [1.82, 2.24) is 10.2 Å². The van der Waals surface area contributed by atoms with Crippen molar-refractivity contribution >= 4 is 11.6 Å². The van der Waals surface area contributed by atoms with Gasteiger partial charge in [0.15, 0.2) is 11.5 Å². The SMILES string of the molecule is CN(Cc1cc(Cl)c2c(c1)OCO2)C1CCNC1. The molecule has 5 heteroatoms. The number of likely N-dealkylation sites (N-methyl/N-ethyl adjacent to an activating group) is 1. The van der Waals surface area contributed by atoms with Gasteiger partial charge in [0, 0.05) is 19.1 Å². The smallest absolute Gasteiger partial charge is 0.231 e. The van der Waals surface area contributed by atoms with Crippen molar-refractivity contribution in [3.63, 3.8) is 0 Å². The van der Waals surface area contributed by atoms with Gasteiger partial charge in [0.1, 0.15) is 0 Å². The lowest BCUT2D eigenvalue weighted by Gasteiger charge is -2.23. The number of hydrogen-bond acceptors (Lipinski definition) is 4. The maximum absolute atomic E-state index is 6.18. The van der Waals surface area contributed by atoms with E-state index in [1.165, 1.54) is 12.0 Å². The van der Waals surface area contributed by atoms with Gasteiger partial charge in [-0.2, -0.15) is 0 Å². The minimum Gasteiger partial charge on any atom is -0.454 e. The number of fused-ring (bicyclic) bond motifs is 1. The van der Waals surface area contributed by atoms with Crippen LogP contribution >= 0.6 is 11.6 Å². The van der Waals surface area contributed by atoms with E-state index in [1.807, 2.05) is 12.1 Å². The molecule has 2 heterocycles. The van der Waals surface area contributed by atoms with Crippen molar-refractivity contribution in [2.24, 2.45) is 0 Å². The number of benzene rings is 1. The molecular formula is C13H17ClN2O2. The van der Waals surface area contributed by atoms with Crippen molar-refractivity contribution in [2.75, 3.05) is 26.9 Å². The van der Waals surface area contributed by atoms with E-state index in [2.05, 4.69) is 17.3 Å². The normalized spacial score (nSPS) is 21.8. The van der Waals surface area contributed by atoms with Crippen LogP contribution in [-0.4, -0.2) is 37.9 Å². The average molecular weight is 269 g/mol. The lowest BCUT2D eigenvalue weighted by molar-refractivity contribution is 0.174. The molecule has 1 unspecified atom stereocenters. The highest BCUT2D eigenvalue weighted by Crippen LogP contribution is 2.40. The lowest BCUT2D eigenvalue weighted by Crippen LogP contribution is -2.32. The monoisotopic (exact) mass is 268 g/mol. The number of nitrogens with zero attached hydrogens (tertiary/aromatic N) is 1. The summed E-state index contributed by atoms with van der Waals surface area (Å²) in [6.07, 6.45) is 1.20. The van der Waals surface area contributed by atoms with E-state index < -0.39 is 0 Å². The molecule has 0 bridgehead atoms. The van der Waals surface area contributed by atoms with Crippen molar-refractivity contribution in [3.05, 3.63) is 22.7 Å². The molecule has 2 aliphatic rings. The minimum absolute atomic E-state index is 0.265. The van der Waals surface area contributed by atoms with Crippen molar-refractivity contribution in [1.29, 1.82) is 0 Å². The first-order valence-corrected chi connectivity index (χ1v) is 6.61. The first kappa shape index (κ1) is 12.1. The molecule has 1 N–H and O–H groups in total. The highest BCUT2D eigenvalue weighted by molar-refractivity contribution is 6.32. The fourth-order valence-electron chi connectivity index (χ4n) is 2.54. The summed E-state index contributed by atoms with van der Waals surface area (Å²) in [7, 11) is 2.15. The summed E-state index contributed by atoms with van der Waals surface area (Å²) in [5, 5.41) is 4.02. The van der Waals surface area contributed by atoms with Crippen molar-refractivity contribution < 1.29 is 9.47 Å². The molecule has 1 aromatic carbocycles. The largest absolute Gasteiger partial charge is 0.454 e. The zero-order valence-electron chi connectivity index (χ0n) is 10.4. The number of nitrogens with one attached hydrogen (secondary N) is 1. The quantitative estimate of drug-likeness (QED) is 0.907. The molecule has 1 aromatic rings. The fourth-order valence-corrected chi connectivity index (χ4v) is 2.83. The van der Waals surface area contributed by atoms with E-state index >= 15 is 0 Å². The fraction of sp³-hybridized carbons (Fsp3) is 0.538. The number of hydrogen-bond donors (Lipinski definition) is 1. The van der Waals surface area contributed by atoms with E-state index in [0.717, 1.165) is 25.4 Å². The van der Waals surface area contributed by atoms with Gasteiger partial charge in [-0.25, -0.2) is 0 Å². The molecule has 1 fully saturated rings. The molecule has 0 saturated carbocycles. The third kappa shape index (κ3) is 2.28. The van der Waals surface area contributed by atoms with Gasteiger partial charge in [-0.3, -0.25) is 4.90 Å².